The van der Waals surface area contributed by atoms with Crippen molar-refractivity contribution in [3.63, 3.8) is 0 Å². The van der Waals surface area contributed by atoms with Crippen molar-refractivity contribution < 1.29 is 19.4 Å². The summed E-state index contributed by atoms with van der Waals surface area (Å²) < 4.78 is 5.15. The third kappa shape index (κ3) is 3.53. The molecule has 2 aromatic rings. The van der Waals surface area contributed by atoms with Crippen LogP contribution in [0.15, 0.2) is 42.6 Å². The largest absolute Gasteiger partial charge is 0.497 e. The molecule has 0 unspecified atom stereocenters. The van der Waals surface area contributed by atoms with Gasteiger partial charge < -0.3 is 14.7 Å². The molecular formula is C18H18N2O4. The number of anilines is 1. The molecule has 1 heterocycles. The van der Waals surface area contributed by atoms with E-state index in [1.54, 1.807) is 24.1 Å². The van der Waals surface area contributed by atoms with Crippen LogP contribution < -0.4 is 9.64 Å². The molecule has 0 saturated heterocycles. The molecule has 1 saturated carbocycles. The Balaban J connectivity index is 1.90. The van der Waals surface area contributed by atoms with Crippen molar-refractivity contribution >= 4 is 17.6 Å². The lowest BCUT2D eigenvalue weighted by Gasteiger charge is -2.23. The molecule has 6 nitrogen and oxygen atoms in total. The van der Waals surface area contributed by atoms with Crippen molar-refractivity contribution in [3.05, 3.63) is 53.9 Å². The van der Waals surface area contributed by atoms with Crippen molar-refractivity contribution in [1.29, 1.82) is 0 Å². The van der Waals surface area contributed by atoms with Crippen LogP contribution in [-0.2, 0) is 0 Å². The van der Waals surface area contributed by atoms with Crippen LogP contribution in [0, 0.1) is 5.92 Å². The second-order valence-corrected chi connectivity index (χ2v) is 5.79. The average molecular weight is 326 g/mol. The Morgan fingerprint density at radius 1 is 1.25 bits per heavy atom. The third-order valence-corrected chi connectivity index (χ3v) is 3.99. The molecule has 1 aliphatic rings. The van der Waals surface area contributed by atoms with Gasteiger partial charge in [0.15, 0.2) is 0 Å². The van der Waals surface area contributed by atoms with Gasteiger partial charge in [0.2, 0.25) is 0 Å². The highest BCUT2D eigenvalue weighted by Gasteiger charge is 2.28. The maximum atomic E-state index is 12.9. The van der Waals surface area contributed by atoms with Crippen LogP contribution >= 0.6 is 0 Å². The van der Waals surface area contributed by atoms with Gasteiger partial charge in [0.1, 0.15) is 11.4 Å². The summed E-state index contributed by atoms with van der Waals surface area (Å²) in [4.78, 5) is 29.4. The predicted octanol–water partition coefficient (Wildman–Crippen LogP) is 2.85. The van der Waals surface area contributed by atoms with Gasteiger partial charge in [-0.3, -0.25) is 4.79 Å². The molecule has 0 spiro atoms. The smallest absolute Gasteiger partial charge is 0.354 e. The molecule has 1 aromatic carbocycles. The number of ether oxygens (including phenoxy) is 1. The number of hydrogen-bond donors (Lipinski definition) is 1. The van der Waals surface area contributed by atoms with Crippen LogP contribution in [0.4, 0.5) is 5.69 Å². The number of benzene rings is 1. The van der Waals surface area contributed by atoms with Crippen LogP contribution in [0.2, 0.25) is 0 Å². The number of carboxylic acid groups (broad SMARTS) is 1. The molecule has 1 fully saturated rings. The topological polar surface area (TPSA) is 79.7 Å². The van der Waals surface area contributed by atoms with Gasteiger partial charge in [-0.1, -0.05) is 0 Å². The molecule has 1 aliphatic carbocycles. The molecule has 0 atom stereocenters. The summed E-state index contributed by atoms with van der Waals surface area (Å²) in [5, 5.41) is 9.06. The first kappa shape index (κ1) is 16.0. The van der Waals surface area contributed by atoms with Crippen LogP contribution in [0.25, 0.3) is 0 Å². The number of methoxy groups -OCH3 is 1. The van der Waals surface area contributed by atoms with E-state index in [0.717, 1.165) is 24.3 Å². The summed E-state index contributed by atoms with van der Waals surface area (Å²) in [7, 11) is 1.59. The fourth-order valence-corrected chi connectivity index (χ4v) is 2.46. The van der Waals surface area contributed by atoms with E-state index < -0.39 is 5.97 Å². The SMILES string of the molecule is COc1ccc(N(CC2CC2)C(=O)c2ccnc(C(=O)O)c2)cc1. The minimum Gasteiger partial charge on any atom is -0.497 e. The number of carboxylic acids is 1. The highest BCUT2D eigenvalue weighted by Crippen LogP contribution is 2.32. The number of amides is 1. The summed E-state index contributed by atoms with van der Waals surface area (Å²) in [6.07, 6.45) is 3.56. The quantitative estimate of drug-likeness (QED) is 0.883. The van der Waals surface area contributed by atoms with Crippen molar-refractivity contribution in [2.75, 3.05) is 18.6 Å². The van der Waals surface area contributed by atoms with Crippen molar-refractivity contribution in [1.82, 2.24) is 4.98 Å². The fraction of sp³-hybridized carbons (Fsp3) is 0.278. The van der Waals surface area contributed by atoms with Gasteiger partial charge in [0.05, 0.1) is 7.11 Å². The summed E-state index contributed by atoms with van der Waals surface area (Å²) in [6.45, 7) is 0.621. The third-order valence-electron chi connectivity index (χ3n) is 3.99. The number of carbonyl (C=O) groups is 2. The van der Waals surface area contributed by atoms with E-state index in [-0.39, 0.29) is 11.6 Å². The summed E-state index contributed by atoms with van der Waals surface area (Å²) in [5.74, 6) is -0.161. The Kier molecular flexibility index (Phi) is 4.46. The minimum absolute atomic E-state index is 0.137. The first-order valence-electron chi connectivity index (χ1n) is 7.73. The van der Waals surface area contributed by atoms with E-state index in [1.165, 1.54) is 18.3 Å². The van der Waals surface area contributed by atoms with Gasteiger partial charge in [0.25, 0.3) is 5.91 Å². The van der Waals surface area contributed by atoms with Crippen LogP contribution in [0.1, 0.15) is 33.7 Å². The zero-order valence-corrected chi connectivity index (χ0v) is 13.3. The molecule has 1 N–H and O–H groups in total. The lowest BCUT2D eigenvalue weighted by Crippen LogP contribution is -2.33. The molecule has 1 aromatic heterocycles. The molecule has 1 amide bonds. The Bertz CT molecular complexity index is 754. The highest BCUT2D eigenvalue weighted by molar-refractivity contribution is 6.07. The van der Waals surface area contributed by atoms with Gasteiger partial charge in [0, 0.05) is 24.0 Å². The normalized spacial score (nSPS) is 13.4. The number of rotatable bonds is 6. The zero-order valence-electron chi connectivity index (χ0n) is 13.3. The Morgan fingerprint density at radius 2 is 1.96 bits per heavy atom. The van der Waals surface area contributed by atoms with Gasteiger partial charge in [-0.2, -0.15) is 0 Å². The number of nitrogens with zero attached hydrogens (tertiary/aromatic N) is 2. The van der Waals surface area contributed by atoms with Crippen LogP contribution in [0.3, 0.4) is 0 Å². The van der Waals surface area contributed by atoms with Crippen LogP contribution in [-0.4, -0.2) is 35.6 Å². The van der Waals surface area contributed by atoms with Gasteiger partial charge >= 0.3 is 5.97 Å². The van der Waals surface area contributed by atoms with Crippen molar-refractivity contribution in [2.45, 2.75) is 12.8 Å². The summed E-state index contributed by atoms with van der Waals surface area (Å²) in [6, 6.07) is 10.1. The average Bonchev–Trinajstić information content (AvgIpc) is 3.43. The fourth-order valence-electron chi connectivity index (χ4n) is 2.46. The Hall–Kier alpha value is -2.89. The standard InChI is InChI=1S/C18H18N2O4/c1-24-15-6-4-14(5-7-15)20(11-12-2-3-12)17(21)13-8-9-19-16(10-13)18(22)23/h4-10,12H,2-3,11H2,1H3,(H,22,23). The Morgan fingerprint density at radius 3 is 2.54 bits per heavy atom. The summed E-state index contributed by atoms with van der Waals surface area (Å²) in [5.41, 5.74) is 0.946. The second-order valence-electron chi connectivity index (χ2n) is 5.79. The Labute approximate surface area is 139 Å². The molecular weight excluding hydrogens is 308 g/mol. The number of carbonyl (C=O) groups excluding carboxylic acids is 1. The maximum Gasteiger partial charge on any atom is 0.354 e. The van der Waals surface area contributed by atoms with E-state index in [4.69, 9.17) is 9.84 Å². The molecule has 0 bridgehead atoms. The molecule has 3 rings (SSSR count). The molecule has 124 valence electrons. The van der Waals surface area contributed by atoms with E-state index >= 15 is 0 Å². The minimum atomic E-state index is -1.15. The van der Waals surface area contributed by atoms with E-state index in [0.29, 0.717) is 18.0 Å². The number of pyridine rings is 1. The monoisotopic (exact) mass is 326 g/mol. The molecule has 6 heteroatoms. The molecule has 24 heavy (non-hydrogen) atoms. The zero-order chi connectivity index (χ0) is 17.1. The second kappa shape index (κ2) is 6.70. The lowest BCUT2D eigenvalue weighted by molar-refractivity contribution is 0.0690. The van der Waals surface area contributed by atoms with E-state index in [9.17, 15) is 9.59 Å². The summed E-state index contributed by atoms with van der Waals surface area (Å²) >= 11 is 0. The van der Waals surface area contributed by atoms with E-state index in [1.807, 2.05) is 12.1 Å². The lowest BCUT2D eigenvalue weighted by atomic mass is 10.1. The van der Waals surface area contributed by atoms with Gasteiger partial charge in [-0.15, -0.1) is 0 Å². The molecule has 0 radical (unpaired) electrons. The van der Waals surface area contributed by atoms with Crippen LogP contribution in [0.5, 0.6) is 5.75 Å². The first-order valence-corrected chi connectivity index (χ1v) is 7.73. The van der Waals surface area contributed by atoms with Crippen molar-refractivity contribution in [2.24, 2.45) is 5.92 Å². The maximum absolute atomic E-state index is 12.9. The van der Waals surface area contributed by atoms with E-state index in [2.05, 4.69) is 4.98 Å². The predicted molar refractivity (Wildman–Crippen MR) is 88.6 cm³/mol. The first-order chi connectivity index (χ1) is 11.6. The number of hydrogen-bond acceptors (Lipinski definition) is 4. The van der Waals surface area contributed by atoms with Gasteiger partial charge in [-0.25, -0.2) is 9.78 Å². The number of aromatic nitrogens is 1. The molecule has 0 aliphatic heterocycles. The number of aromatic carboxylic acids is 1. The highest BCUT2D eigenvalue weighted by atomic mass is 16.5. The van der Waals surface area contributed by atoms with Crippen molar-refractivity contribution in [3.8, 4) is 5.75 Å². The van der Waals surface area contributed by atoms with Gasteiger partial charge in [-0.05, 0) is 55.2 Å².